The Morgan fingerprint density at radius 3 is 2.25 bits per heavy atom. The van der Waals surface area contributed by atoms with Crippen LogP contribution < -0.4 is 5.32 Å². The molecule has 0 aromatic heterocycles. The third-order valence-corrected chi connectivity index (χ3v) is 3.77. The number of allylic oxidation sites excluding steroid dienone is 2. The van der Waals surface area contributed by atoms with Crippen LogP contribution in [-0.2, 0) is 17.6 Å². The summed E-state index contributed by atoms with van der Waals surface area (Å²) in [6, 6.07) is 6.56. The average molecular weight is 271 g/mol. The predicted octanol–water partition coefficient (Wildman–Crippen LogP) is 4.64. The minimum absolute atomic E-state index is 0.253. The summed E-state index contributed by atoms with van der Waals surface area (Å²) in [7, 11) is 0. The number of aryl methyl sites for hydroxylation is 2. The van der Waals surface area contributed by atoms with Crippen LogP contribution in [0.3, 0.4) is 0 Å². The molecule has 0 atom stereocenters. The first-order valence-electron chi connectivity index (χ1n) is 7.85. The maximum atomic E-state index is 11.6. The van der Waals surface area contributed by atoms with Gasteiger partial charge in [0.1, 0.15) is 0 Å². The summed E-state index contributed by atoms with van der Waals surface area (Å²) in [5, 5.41) is 3.56. The molecular weight excluding hydrogens is 246 g/mol. The van der Waals surface area contributed by atoms with Crippen molar-refractivity contribution < 1.29 is 4.79 Å². The van der Waals surface area contributed by atoms with Gasteiger partial charge in [0.25, 0.3) is 0 Å². The van der Waals surface area contributed by atoms with Crippen molar-refractivity contribution in [2.45, 2.75) is 58.8 Å². The fourth-order valence-corrected chi connectivity index (χ4v) is 2.82. The lowest BCUT2D eigenvalue weighted by molar-refractivity contribution is -0.115. The first-order valence-corrected chi connectivity index (χ1v) is 7.85. The van der Waals surface area contributed by atoms with Crippen molar-refractivity contribution in [3.05, 3.63) is 41.1 Å². The summed E-state index contributed by atoms with van der Waals surface area (Å²) in [4.78, 5) is 11.6. The van der Waals surface area contributed by atoms with Crippen molar-refractivity contribution in [3.63, 3.8) is 0 Å². The fraction of sp³-hybridized carbons (Fsp3) is 0.500. The number of para-hydroxylation sites is 1. The number of carbonyl (C=O) groups excluding carboxylic acids is 1. The SMILES string of the molecule is CCCc1cccc(CCC)c1NC1=CC(=O)CCC1. The number of hydrogen-bond donors (Lipinski definition) is 1. The standard InChI is InChI=1S/C18H25NO/c1-3-7-14-9-5-10-15(8-4-2)18(14)19-16-11-6-12-17(20)13-16/h5,9-10,13,19H,3-4,6-8,11-12H2,1-2H3. The zero-order valence-corrected chi connectivity index (χ0v) is 12.7. The third kappa shape index (κ3) is 3.72. The van der Waals surface area contributed by atoms with Crippen molar-refractivity contribution in [2.75, 3.05) is 5.32 Å². The molecule has 0 heterocycles. The Balaban J connectivity index is 2.29. The number of nitrogens with one attached hydrogen (secondary N) is 1. The molecule has 1 aromatic carbocycles. The van der Waals surface area contributed by atoms with E-state index in [-0.39, 0.29) is 5.78 Å². The normalized spacial score (nSPS) is 15.1. The average Bonchev–Trinajstić information content (AvgIpc) is 2.43. The monoisotopic (exact) mass is 271 g/mol. The molecule has 1 aromatic rings. The molecule has 0 fully saturated rings. The van der Waals surface area contributed by atoms with E-state index in [2.05, 4.69) is 37.4 Å². The van der Waals surface area contributed by atoms with E-state index in [4.69, 9.17) is 0 Å². The van der Waals surface area contributed by atoms with Gasteiger partial charge in [-0.3, -0.25) is 4.79 Å². The summed E-state index contributed by atoms with van der Waals surface area (Å²) in [6.45, 7) is 4.42. The zero-order valence-electron chi connectivity index (χ0n) is 12.7. The van der Waals surface area contributed by atoms with Gasteiger partial charge in [0, 0.05) is 23.9 Å². The van der Waals surface area contributed by atoms with E-state index in [1.165, 1.54) is 16.8 Å². The molecule has 0 unspecified atom stereocenters. The lowest BCUT2D eigenvalue weighted by Crippen LogP contribution is -2.11. The Morgan fingerprint density at radius 1 is 1.05 bits per heavy atom. The molecule has 20 heavy (non-hydrogen) atoms. The molecule has 0 radical (unpaired) electrons. The Labute approximate surface area is 122 Å². The van der Waals surface area contributed by atoms with Crippen LogP contribution in [0.25, 0.3) is 0 Å². The molecule has 0 aliphatic heterocycles. The minimum Gasteiger partial charge on any atom is -0.358 e. The van der Waals surface area contributed by atoms with Crippen LogP contribution in [0, 0.1) is 0 Å². The van der Waals surface area contributed by atoms with Gasteiger partial charge in [-0.25, -0.2) is 0 Å². The maximum absolute atomic E-state index is 11.6. The second-order valence-electron chi connectivity index (χ2n) is 5.57. The van der Waals surface area contributed by atoms with Gasteiger partial charge in [0.15, 0.2) is 5.78 Å². The van der Waals surface area contributed by atoms with Crippen LogP contribution >= 0.6 is 0 Å². The highest BCUT2D eigenvalue weighted by Gasteiger charge is 2.13. The fourth-order valence-electron chi connectivity index (χ4n) is 2.82. The van der Waals surface area contributed by atoms with E-state index in [9.17, 15) is 4.79 Å². The molecule has 2 heteroatoms. The lowest BCUT2D eigenvalue weighted by Gasteiger charge is -2.20. The molecule has 0 spiro atoms. The van der Waals surface area contributed by atoms with Crippen LogP contribution in [-0.4, -0.2) is 5.78 Å². The van der Waals surface area contributed by atoms with Crippen molar-refractivity contribution in [3.8, 4) is 0 Å². The number of carbonyl (C=O) groups is 1. The van der Waals surface area contributed by atoms with E-state index in [0.29, 0.717) is 6.42 Å². The molecule has 1 aliphatic carbocycles. The predicted molar refractivity (Wildman–Crippen MR) is 85.0 cm³/mol. The minimum atomic E-state index is 0.253. The smallest absolute Gasteiger partial charge is 0.157 e. The Bertz CT molecular complexity index is 478. The highest BCUT2D eigenvalue weighted by molar-refractivity contribution is 5.91. The summed E-state index contributed by atoms with van der Waals surface area (Å²) in [5.41, 5.74) is 5.08. The summed E-state index contributed by atoms with van der Waals surface area (Å²) in [5.74, 6) is 0.253. The second-order valence-corrected chi connectivity index (χ2v) is 5.57. The highest BCUT2D eigenvalue weighted by atomic mass is 16.1. The Morgan fingerprint density at radius 2 is 1.70 bits per heavy atom. The molecule has 0 saturated heterocycles. The molecule has 2 rings (SSSR count). The maximum Gasteiger partial charge on any atom is 0.157 e. The van der Waals surface area contributed by atoms with Crippen molar-refractivity contribution in [1.82, 2.24) is 0 Å². The van der Waals surface area contributed by atoms with Gasteiger partial charge in [-0.1, -0.05) is 44.9 Å². The second kappa shape index (κ2) is 7.28. The van der Waals surface area contributed by atoms with E-state index >= 15 is 0 Å². The summed E-state index contributed by atoms with van der Waals surface area (Å²) in [6.07, 6.45) is 8.90. The zero-order chi connectivity index (χ0) is 14.4. The van der Waals surface area contributed by atoms with Gasteiger partial charge < -0.3 is 5.32 Å². The van der Waals surface area contributed by atoms with Crippen molar-refractivity contribution in [2.24, 2.45) is 0 Å². The quantitative estimate of drug-likeness (QED) is 0.816. The molecule has 0 amide bonds. The highest BCUT2D eigenvalue weighted by Crippen LogP contribution is 2.27. The Kier molecular flexibility index (Phi) is 5.40. The van der Waals surface area contributed by atoms with E-state index < -0.39 is 0 Å². The number of benzene rings is 1. The van der Waals surface area contributed by atoms with E-state index in [1.54, 1.807) is 6.08 Å². The lowest BCUT2D eigenvalue weighted by atomic mass is 9.98. The van der Waals surface area contributed by atoms with Gasteiger partial charge in [-0.2, -0.15) is 0 Å². The van der Waals surface area contributed by atoms with Gasteiger partial charge in [-0.05, 0) is 36.8 Å². The first-order chi connectivity index (χ1) is 9.74. The third-order valence-electron chi connectivity index (χ3n) is 3.77. The summed E-state index contributed by atoms with van der Waals surface area (Å²) >= 11 is 0. The molecule has 0 saturated carbocycles. The van der Waals surface area contributed by atoms with Gasteiger partial charge >= 0.3 is 0 Å². The van der Waals surface area contributed by atoms with Crippen LogP contribution in [0.5, 0.6) is 0 Å². The molecule has 1 aliphatic rings. The number of hydrogen-bond acceptors (Lipinski definition) is 2. The topological polar surface area (TPSA) is 29.1 Å². The molecule has 0 bridgehead atoms. The molecular formula is C18H25NO. The van der Waals surface area contributed by atoms with Crippen LogP contribution in [0.2, 0.25) is 0 Å². The van der Waals surface area contributed by atoms with E-state index in [1.807, 2.05) is 0 Å². The number of anilines is 1. The van der Waals surface area contributed by atoms with Crippen molar-refractivity contribution >= 4 is 11.5 Å². The largest absolute Gasteiger partial charge is 0.358 e. The summed E-state index contributed by atoms with van der Waals surface area (Å²) < 4.78 is 0. The van der Waals surface area contributed by atoms with Gasteiger partial charge in [0.2, 0.25) is 0 Å². The van der Waals surface area contributed by atoms with Gasteiger partial charge in [0.05, 0.1) is 0 Å². The molecule has 2 nitrogen and oxygen atoms in total. The molecule has 108 valence electrons. The number of rotatable bonds is 6. The van der Waals surface area contributed by atoms with Crippen LogP contribution in [0.15, 0.2) is 30.0 Å². The van der Waals surface area contributed by atoms with E-state index in [0.717, 1.165) is 44.2 Å². The molecule has 1 N–H and O–H groups in total. The number of ketones is 1. The van der Waals surface area contributed by atoms with Crippen LogP contribution in [0.4, 0.5) is 5.69 Å². The first kappa shape index (κ1) is 14.8. The van der Waals surface area contributed by atoms with Gasteiger partial charge in [-0.15, -0.1) is 0 Å². The Hall–Kier alpha value is -1.57. The van der Waals surface area contributed by atoms with Crippen LogP contribution in [0.1, 0.15) is 57.1 Å². The van der Waals surface area contributed by atoms with Crippen molar-refractivity contribution in [1.29, 1.82) is 0 Å².